The lowest BCUT2D eigenvalue weighted by Gasteiger charge is -2.31. The first-order valence-corrected chi connectivity index (χ1v) is 8.49. The van der Waals surface area contributed by atoms with E-state index in [0.29, 0.717) is 19.5 Å². The fourth-order valence-electron chi connectivity index (χ4n) is 2.70. The zero-order valence-electron chi connectivity index (χ0n) is 13.2. The van der Waals surface area contributed by atoms with Crippen molar-refractivity contribution in [3.63, 3.8) is 0 Å². The number of aliphatic imine (C=N–C) groups is 1. The molecule has 1 aliphatic carbocycles. The molecule has 0 aromatic carbocycles. The van der Waals surface area contributed by atoms with Crippen LogP contribution in [0.25, 0.3) is 0 Å². The average Bonchev–Trinajstić information content (AvgIpc) is 2.54. The molecule has 2 amide bonds. The van der Waals surface area contributed by atoms with Gasteiger partial charge in [0.25, 0.3) is 0 Å². The Bertz CT molecular complexity index is 531. The van der Waals surface area contributed by atoms with Gasteiger partial charge in [0.05, 0.1) is 0 Å². The molecule has 1 heterocycles. The zero-order chi connectivity index (χ0) is 16.7. The maximum atomic E-state index is 12.5. The monoisotopic (exact) mass is 337 g/mol. The van der Waals surface area contributed by atoms with Gasteiger partial charge in [0.1, 0.15) is 0 Å². The molecule has 0 saturated carbocycles. The molecule has 1 fully saturated rings. The Hall–Kier alpha value is -1.60. The SMILES string of the molecule is O=C1NC(=S)N(CCC2=CCCCC2)C(=O)[C@@H]1C=NCCCO. The number of carbonyl (C=O) groups is 2. The first-order chi connectivity index (χ1) is 11.1. The van der Waals surface area contributed by atoms with Gasteiger partial charge in [0.2, 0.25) is 11.8 Å². The lowest BCUT2D eigenvalue weighted by Crippen LogP contribution is -2.58. The molecule has 0 spiro atoms. The van der Waals surface area contributed by atoms with Crippen molar-refractivity contribution in [2.75, 3.05) is 19.7 Å². The quantitative estimate of drug-likeness (QED) is 0.240. The third kappa shape index (κ3) is 4.94. The lowest BCUT2D eigenvalue weighted by atomic mass is 9.97. The summed E-state index contributed by atoms with van der Waals surface area (Å²) in [6.07, 6.45) is 9.51. The predicted octanol–water partition coefficient (Wildman–Crippen LogP) is 1.19. The van der Waals surface area contributed by atoms with Crippen LogP contribution in [0.2, 0.25) is 0 Å². The van der Waals surface area contributed by atoms with Crippen LogP contribution in [-0.4, -0.2) is 52.8 Å². The van der Waals surface area contributed by atoms with E-state index in [2.05, 4.69) is 16.4 Å². The Morgan fingerprint density at radius 1 is 1.43 bits per heavy atom. The molecular formula is C16H23N3O3S. The molecule has 0 radical (unpaired) electrons. The smallest absolute Gasteiger partial charge is 0.246 e. The highest BCUT2D eigenvalue weighted by molar-refractivity contribution is 7.80. The average molecular weight is 337 g/mol. The molecule has 1 atom stereocenters. The number of carbonyl (C=O) groups excluding carboxylic acids is 2. The van der Waals surface area contributed by atoms with Crippen LogP contribution in [0.1, 0.15) is 38.5 Å². The zero-order valence-corrected chi connectivity index (χ0v) is 14.0. The van der Waals surface area contributed by atoms with E-state index in [4.69, 9.17) is 17.3 Å². The van der Waals surface area contributed by atoms with Gasteiger partial charge in [0, 0.05) is 25.9 Å². The normalized spacial score (nSPS) is 22.5. The van der Waals surface area contributed by atoms with Gasteiger partial charge in [0.15, 0.2) is 11.0 Å². The molecule has 2 rings (SSSR count). The molecule has 7 heteroatoms. The standard InChI is InChI=1S/C16H23N3O3S/c20-10-4-8-17-11-13-14(21)18-16(23)19(15(13)22)9-7-12-5-2-1-3-6-12/h5,11,13,20H,1-4,6-10H2,(H,18,21,23)/t13-/m1/s1. The summed E-state index contributed by atoms with van der Waals surface area (Å²) >= 11 is 5.13. The number of allylic oxidation sites excluding steroid dienone is 1. The highest BCUT2D eigenvalue weighted by Gasteiger charge is 2.37. The summed E-state index contributed by atoms with van der Waals surface area (Å²) in [6, 6.07) is 0. The Morgan fingerprint density at radius 3 is 2.96 bits per heavy atom. The number of thiocarbonyl (C=S) groups is 1. The molecule has 0 bridgehead atoms. The molecule has 0 unspecified atom stereocenters. The van der Waals surface area contributed by atoms with Crippen LogP contribution in [0.4, 0.5) is 0 Å². The van der Waals surface area contributed by atoms with Crippen LogP contribution < -0.4 is 5.32 Å². The Kier molecular flexibility index (Phi) is 6.85. The second-order valence-electron chi connectivity index (χ2n) is 5.75. The first-order valence-electron chi connectivity index (χ1n) is 8.08. The summed E-state index contributed by atoms with van der Waals surface area (Å²) in [5, 5.41) is 11.5. The molecule has 1 saturated heterocycles. The minimum absolute atomic E-state index is 0.0352. The van der Waals surface area contributed by atoms with Crippen molar-refractivity contribution in [2.45, 2.75) is 38.5 Å². The second kappa shape index (κ2) is 8.88. The highest BCUT2D eigenvalue weighted by Crippen LogP contribution is 2.21. The number of nitrogens with zero attached hydrogens (tertiary/aromatic N) is 2. The predicted molar refractivity (Wildman–Crippen MR) is 92.2 cm³/mol. The van der Waals surface area contributed by atoms with Crippen molar-refractivity contribution in [1.82, 2.24) is 10.2 Å². The van der Waals surface area contributed by atoms with Gasteiger partial charge >= 0.3 is 0 Å². The number of aliphatic hydroxyl groups excluding tert-OH is 1. The maximum absolute atomic E-state index is 12.5. The van der Waals surface area contributed by atoms with Crippen LogP contribution in [0.3, 0.4) is 0 Å². The molecule has 126 valence electrons. The largest absolute Gasteiger partial charge is 0.396 e. The van der Waals surface area contributed by atoms with Crippen molar-refractivity contribution in [1.29, 1.82) is 0 Å². The second-order valence-corrected chi connectivity index (χ2v) is 6.14. The minimum Gasteiger partial charge on any atom is -0.396 e. The molecule has 0 aromatic heterocycles. The van der Waals surface area contributed by atoms with Crippen molar-refractivity contribution in [3.05, 3.63) is 11.6 Å². The van der Waals surface area contributed by atoms with Crippen molar-refractivity contribution in [2.24, 2.45) is 10.9 Å². The molecule has 2 N–H and O–H groups in total. The highest BCUT2D eigenvalue weighted by atomic mass is 32.1. The molecular weight excluding hydrogens is 314 g/mol. The third-order valence-electron chi connectivity index (χ3n) is 4.03. The van der Waals surface area contributed by atoms with E-state index in [1.807, 2.05) is 0 Å². The van der Waals surface area contributed by atoms with Gasteiger partial charge in [-0.15, -0.1) is 0 Å². The molecule has 0 aromatic rings. The number of hydrogen-bond acceptors (Lipinski definition) is 5. The van der Waals surface area contributed by atoms with Gasteiger partial charge in [-0.1, -0.05) is 11.6 Å². The van der Waals surface area contributed by atoms with Crippen LogP contribution in [0.15, 0.2) is 16.6 Å². The van der Waals surface area contributed by atoms with Crippen LogP contribution in [-0.2, 0) is 9.59 Å². The van der Waals surface area contributed by atoms with Gasteiger partial charge in [-0.25, -0.2) is 0 Å². The van der Waals surface area contributed by atoms with Crippen LogP contribution in [0, 0.1) is 5.92 Å². The number of nitrogens with one attached hydrogen (secondary N) is 1. The summed E-state index contributed by atoms with van der Waals surface area (Å²) in [4.78, 5) is 29.9. The van der Waals surface area contributed by atoms with Gasteiger partial charge in [-0.2, -0.15) is 0 Å². The van der Waals surface area contributed by atoms with E-state index in [9.17, 15) is 9.59 Å². The van der Waals surface area contributed by atoms with Crippen LogP contribution in [0.5, 0.6) is 0 Å². The van der Waals surface area contributed by atoms with Crippen molar-refractivity contribution in [3.8, 4) is 0 Å². The lowest BCUT2D eigenvalue weighted by molar-refractivity contribution is -0.137. The number of aliphatic hydroxyl groups is 1. The Balaban J connectivity index is 1.96. The topological polar surface area (TPSA) is 82.0 Å². The Labute approximate surface area is 141 Å². The molecule has 2 aliphatic rings. The third-order valence-corrected chi connectivity index (χ3v) is 4.35. The van der Waals surface area contributed by atoms with Gasteiger partial charge in [-0.05, 0) is 50.7 Å². The van der Waals surface area contributed by atoms with E-state index in [1.165, 1.54) is 29.5 Å². The van der Waals surface area contributed by atoms with E-state index >= 15 is 0 Å². The van der Waals surface area contributed by atoms with Crippen molar-refractivity contribution < 1.29 is 14.7 Å². The fraction of sp³-hybridized carbons (Fsp3) is 0.625. The Morgan fingerprint density at radius 2 is 2.26 bits per heavy atom. The summed E-state index contributed by atoms with van der Waals surface area (Å²) in [6.45, 7) is 0.920. The minimum atomic E-state index is -0.930. The van der Waals surface area contributed by atoms with Gasteiger partial charge < -0.3 is 10.4 Å². The fourth-order valence-corrected chi connectivity index (χ4v) is 2.98. The van der Waals surface area contributed by atoms with E-state index in [0.717, 1.165) is 19.3 Å². The number of hydrogen-bond donors (Lipinski definition) is 2. The van der Waals surface area contributed by atoms with E-state index in [1.54, 1.807) is 0 Å². The number of amides is 2. The maximum Gasteiger partial charge on any atom is 0.246 e. The van der Waals surface area contributed by atoms with Crippen LogP contribution >= 0.6 is 12.2 Å². The first kappa shape index (κ1) is 17.7. The number of rotatable bonds is 7. The molecule has 1 aliphatic heterocycles. The summed E-state index contributed by atoms with van der Waals surface area (Å²) in [5.41, 5.74) is 1.36. The summed E-state index contributed by atoms with van der Waals surface area (Å²) in [5.74, 6) is -1.68. The van der Waals surface area contributed by atoms with E-state index in [-0.39, 0.29) is 17.6 Å². The summed E-state index contributed by atoms with van der Waals surface area (Å²) < 4.78 is 0. The molecule has 23 heavy (non-hydrogen) atoms. The molecule has 6 nitrogen and oxygen atoms in total. The van der Waals surface area contributed by atoms with E-state index < -0.39 is 11.8 Å². The summed E-state index contributed by atoms with van der Waals surface area (Å²) in [7, 11) is 0. The van der Waals surface area contributed by atoms with Crippen molar-refractivity contribution >= 4 is 35.4 Å². The van der Waals surface area contributed by atoms with Gasteiger partial charge in [-0.3, -0.25) is 19.5 Å².